The number of ether oxygens (including phenoxy) is 1. The Morgan fingerprint density at radius 2 is 1.65 bits per heavy atom. The zero-order chi connectivity index (χ0) is 27.9. The molecule has 2 N–H and O–H groups in total. The van der Waals surface area contributed by atoms with E-state index in [-0.39, 0.29) is 18.3 Å². The van der Waals surface area contributed by atoms with Crippen LogP contribution < -0.4 is 5.32 Å². The number of hydrogen-bond donors (Lipinski definition) is 2. The van der Waals surface area contributed by atoms with E-state index in [1.54, 1.807) is 0 Å². The van der Waals surface area contributed by atoms with Crippen LogP contribution in [0, 0.1) is 6.92 Å². The van der Waals surface area contributed by atoms with E-state index in [0.29, 0.717) is 24.5 Å². The zero-order valence-corrected chi connectivity index (χ0v) is 22.6. The van der Waals surface area contributed by atoms with Crippen molar-refractivity contribution >= 4 is 11.9 Å². The highest BCUT2D eigenvalue weighted by atomic mass is 16.5. The van der Waals surface area contributed by atoms with Crippen LogP contribution in [0.5, 0.6) is 0 Å². The second-order valence-corrected chi connectivity index (χ2v) is 10.7. The van der Waals surface area contributed by atoms with Crippen molar-refractivity contribution < 1.29 is 24.0 Å². The highest BCUT2D eigenvalue weighted by Gasteiger charge is 2.52. The van der Waals surface area contributed by atoms with Crippen LogP contribution in [-0.4, -0.2) is 34.9 Å². The monoisotopic (exact) mass is 536 g/mol. The van der Waals surface area contributed by atoms with Crippen molar-refractivity contribution in [1.29, 1.82) is 0 Å². The predicted molar refractivity (Wildman–Crippen MR) is 150 cm³/mol. The minimum atomic E-state index is -0.647. The molecule has 0 saturated heterocycles. The topological polar surface area (TPSA) is 102 Å². The van der Waals surface area contributed by atoms with Crippen molar-refractivity contribution in [2.24, 2.45) is 0 Å². The van der Waals surface area contributed by atoms with Crippen molar-refractivity contribution in [3.8, 4) is 22.5 Å². The van der Waals surface area contributed by atoms with Gasteiger partial charge in [0.1, 0.15) is 0 Å². The highest BCUT2D eigenvalue weighted by Crippen LogP contribution is 2.49. The Morgan fingerprint density at radius 1 is 1.00 bits per heavy atom. The number of amides is 1. The standard InChI is InChI=1S/C33H32N2O5/c1-3-39-32(38)33(16-17-33)25-14-12-22(13-15-25)21-8-10-23(11-9-21)31-27(20(2)35-40-31)19-29(37)34-30-26-7-5-4-6-24(26)18-28(30)36/h4-15,28,30,36H,3,16-19H2,1-2H3,(H,34,37)/t28-,30+/m1/s1. The van der Waals surface area contributed by atoms with Gasteiger partial charge in [-0.2, -0.15) is 0 Å². The van der Waals surface area contributed by atoms with E-state index in [2.05, 4.69) is 10.5 Å². The van der Waals surface area contributed by atoms with Gasteiger partial charge in [0.05, 0.1) is 36.3 Å². The van der Waals surface area contributed by atoms with Crippen LogP contribution >= 0.6 is 0 Å². The molecule has 7 heteroatoms. The Labute approximate surface area is 233 Å². The van der Waals surface area contributed by atoms with Gasteiger partial charge in [-0.3, -0.25) is 9.59 Å². The number of carbonyl (C=O) groups excluding carboxylic acids is 2. The fourth-order valence-electron chi connectivity index (χ4n) is 5.76. The molecule has 2 atom stereocenters. The molecule has 0 aliphatic heterocycles. The molecule has 6 rings (SSSR count). The summed E-state index contributed by atoms with van der Waals surface area (Å²) in [5.41, 5.74) is 6.82. The Balaban J connectivity index is 1.16. The van der Waals surface area contributed by atoms with E-state index >= 15 is 0 Å². The summed E-state index contributed by atoms with van der Waals surface area (Å²) in [6.45, 7) is 4.05. The summed E-state index contributed by atoms with van der Waals surface area (Å²) in [6, 6.07) is 23.4. The molecule has 1 amide bonds. The first kappa shape index (κ1) is 26.0. The number of benzene rings is 3. The van der Waals surface area contributed by atoms with Crippen molar-refractivity contribution in [2.75, 3.05) is 6.61 Å². The van der Waals surface area contributed by atoms with Gasteiger partial charge in [0, 0.05) is 17.5 Å². The molecular weight excluding hydrogens is 504 g/mol. The maximum absolute atomic E-state index is 13.1. The lowest BCUT2D eigenvalue weighted by molar-refractivity contribution is -0.146. The molecular formula is C33H32N2O5. The largest absolute Gasteiger partial charge is 0.465 e. The van der Waals surface area contributed by atoms with E-state index in [0.717, 1.165) is 51.8 Å². The third kappa shape index (κ3) is 4.71. The minimum Gasteiger partial charge on any atom is -0.465 e. The molecule has 0 unspecified atom stereocenters. The molecule has 7 nitrogen and oxygen atoms in total. The average Bonchev–Trinajstić information content (AvgIpc) is 3.63. The van der Waals surface area contributed by atoms with Gasteiger partial charge in [0.2, 0.25) is 5.91 Å². The number of aliphatic hydroxyl groups excluding tert-OH is 1. The molecule has 0 spiro atoms. The quantitative estimate of drug-likeness (QED) is 0.299. The van der Waals surface area contributed by atoms with Crippen LogP contribution in [0.1, 0.15) is 53.8 Å². The molecule has 3 aromatic carbocycles. The lowest BCUT2D eigenvalue weighted by Gasteiger charge is -2.18. The van der Waals surface area contributed by atoms with Gasteiger partial charge in [-0.1, -0.05) is 78.0 Å². The van der Waals surface area contributed by atoms with Crippen molar-refractivity contribution in [1.82, 2.24) is 10.5 Å². The molecule has 1 fully saturated rings. The molecule has 4 aromatic rings. The summed E-state index contributed by atoms with van der Waals surface area (Å²) >= 11 is 0. The van der Waals surface area contributed by atoms with Crippen LogP contribution in [-0.2, 0) is 32.6 Å². The number of aryl methyl sites for hydroxylation is 1. The van der Waals surface area contributed by atoms with Crippen LogP contribution in [0.2, 0.25) is 0 Å². The van der Waals surface area contributed by atoms with Crippen molar-refractivity contribution in [3.05, 3.63) is 101 Å². The molecule has 0 radical (unpaired) electrons. The first-order valence-electron chi connectivity index (χ1n) is 13.8. The Morgan fingerprint density at radius 3 is 2.33 bits per heavy atom. The van der Waals surface area contributed by atoms with Crippen LogP contribution in [0.25, 0.3) is 22.5 Å². The Bertz CT molecular complexity index is 1550. The number of hydrogen-bond acceptors (Lipinski definition) is 6. The number of fused-ring (bicyclic) bond motifs is 1. The smallest absolute Gasteiger partial charge is 0.316 e. The van der Waals surface area contributed by atoms with Gasteiger partial charge in [-0.15, -0.1) is 0 Å². The summed E-state index contributed by atoms with van der Waals surface area (Å²) in [4.78, 5) is 25.5. The Hall–Kier alpha value is -4.23. The van der Waals surface area contributed by atoms with Gasteiger partial charge < -0.3 is 19.7 Å². The van der Waals surface area contributed by atoms with Gasteiger partial charge in [0.15, 0.2) is 5.76 Å². The first-order chi connectivity index (χ1) is 19.4. The summed E-state index contributed by atoms with van der Waals surface area (Å²) in [5, 5.41) is 17.7. The molecule has 2 aliphatic rings. The second kappa shape index (κ2) is 10.4. The fraction of sp³-hybridized carbons (Fsp3) is 0.303. The summed E-state index contributed by atoms with van der Waals surface area (Å²) in [6.07, 6.45) is 1.63. The molecule has 2 aliphatic carbocycles. The number of aromatic nitrogens is 1. The SMILES string of the molecule is CCOC(=O)C1(c2ccc(-c3ccc(-c4onc(C)c4CC(=O)N[C@H]4c5ccccc5C[C@H]4O)cc3)cc2)CC1. The number of esters is 1. The molecule has 1 aromatic heterocycles. The molecule has 0 bridgehead atoms. The van der Waals surface area contributed by atoms with Crippen LogP contribution in [0.15, 0.2) is 77.3 Å². The lowest BCUT2D eigenvalue weighted by Crippen LogP contribution is -2.34. The Kier molecular flexibility index (Phi) is 6.76. The predicted octanol–water partition coefficient (Wildman–Crippen LogP) is 5.23. The fourth-order valence-corrected chi connectivity index (χ4v) is 5.76. The molecule has 1 saturated carbocycles. The van der Waals surface area contributed by atoms with Crippen molar-refractivity contribution in [3.63, 3.8) is 0 Å². The van der Waals surface area contributed by atoms with Crippen LogP contribution in [0.4, 0.5) is 0 Å². The van der Waals surface area contributed by atoms with Gasteiger partial charge in [-0.05, 0) is 54.5 Å². The lowest BCUT2D eigenvalue weighted by atomic mass is 9.93. The zero-order valence-electron chi connectivity index (χ0n) is 22.6. The normalized spacial score (nSPS) is 18.7. The number of rotatable bonds is 8. The second-order valence-electron chi connectivity index (χ2n) is 10.7. The van der Waals surface area contributed by atoms with E-state index < -0.39 is 17.6 Å². The van der Waals surface area contributed by atoms with Crippen LogP contribution in [0.3, 0.4) is 0 Å². The summed E-state index contributed by atoms with van der Waals surface area (Å²) in [5.74, 6) is 0.233. The minimum absolute atomic E-state index is 0.0987. The number of nitrogens with zero attached hydrogens (tertiary/aromatic N) is 1. The highest BCUT2D eigenvalue weighted by molar-refractivity contribution is 5.87. The van der Waals surface area contributed by atoms with E-state index in [1.165, 1.54) is 0 Å². The molecule has 40 heavy (non-hydrogen) atoms. The maximum atomic E-state index is 13.1. The summed E-state index contributed by atoms with van der Waals surface area (Å²) < 4.78 is 10.9. The van der Waals surface area contributed by atoms with E-state index in [9.17, 15) is 14.7 Å². The van der Waals surface area contributed by atoms with Gasteiger partial charge in [0.25, 0.3) is 0 Å². The number of carbonyl (C=O) groups is 2. The molecule has 1 heterocycles. The first-order valence-corrected chi connectivity index (χ1v) is 13.8. The average molecular weight is 537 g/mol. The van der Waals surface area contributed by atoms with E-state index in [4.69, 9.17) is 9.26 Å². The van der Waals surface area contributed by atoms with Gasteiger partial charge >= 0.3 is 5.97 Å². The third-order valence-electron chi connectivity index (χ3n) is 8.18. The van der Waals surface area contributed by atoms with Crippen molar-refractivity contribution in [2.45, 2.75) is 57.1 Å². The molecule has 204 valence electrons. The summed E-state index contributed by atoms with van der Waals surface area (Å²) in [7, 11) is 0. The third-order valence-corrected chi connectivity index (χ3v) is 8.18. The van der Waals surface area contributed by atoms with E-state index in [1.807, 2.05) is 86.6 Å². The maximum Gasteiger partial charge on any atom is 0.316 e. The van der Waals surface area contributed by atoms with Gasteiger partial charge in [-0.25, -0.2) is 0 Å². The number of nitrogens with one attached hydrogen (secondary N) is 1. The number of aliphatic hydroxyl groups is 1.